The lowest BCUT2D eigenvalue weighted by atomic mass is 9.90. The first-order valence-corrected chi connectivity index (χ1v) is 10.6. The van der Waals surface area contributed by atoms with Gasteiger partial charge in [0.15, 0.2) is 6.54 Å². The number of amides is 1. The maximum Gasteiger partial charge on any atom is 0.360 e. The first-order chi connectivity index (χ1) is 15.9. The van der Waals surface area contributed by atoms with Crippen molar-refractivity contribution in [1.82, 2.24) is 4.48 Å². The van der Waals surface area contributed by atoms with Gasteiger partial charge in [-0.3, -0.25) is 4.79 Å². The summed E-state index contributed by atoms with van der Waals surface area (Å²) in [6.07, 6.45) is 0. The van der Waals surface area contributed by atoms with E-state index in [1.807, 2.05) is 103 Å². The number of benzene rings is 4. The summed E-state index contributed by atoms with van der Waals surface area (Å²) in [7, 11) is 1.72. The fourth-order valence-electron chi connectivity index (χ4n) is 4.41. The Kier molecular flexibility index (Phi) is 6.07. The molecule has 0 spiro atoms. The molecule has 0 aromatic heterocycles. The van der Waals surface area contributed by atoms with Crippen LogP contribution in [0.25, 0.3) is 16.3 Å². The van der Waals surface area contributed by atoms with Crippen molar-refractivity contribution in [3.63, 3.8) is 0 Å². The van der Waals surface area contributed by atoms with Crippen molar-refractivity contribution in [3.05, 3.63) is 120 Å². The second kappa shape index (κ2) is 9.10. The van der Waals surface area contributed by atoms with Crippen molar-refractivity contribution < 1.29 is 14.7 Å². The number of para-hydroxylation sites is 1. The van der Waals surface area contributed by atoms with Crippen molar-refractivity contribution in [2.24, 2.45) is 5.73 Å². The van der Waals surface area contributed by atoms with Crippen LogP contribution in [0.3, 0.4) is 0 Å². The minimum atomic E-state index is -1.04. The SMILES string of the molecule is C[N+](CC(=O)O)(/C(C(N)=O)=C(\c1ccccc1)c1cccc2ccccc12)c1ccccc1. The van der Waals surface area contributed by atoms with Crippen LogP contribution in [0.15, 0.2) is 109 Å². The summed E-state index contributed by atoms with van der Waals surface area (Å²) in [5, 5.41) is 11.8. The highest BCUT2D eigenvalue weighted by Gasteiger charge is 2.40. The van der Waals surface area contributed by atoms with Crippen LogP contribution in [0.5, 0.6) is 0 Å². The molecule has 0 aliphatic rings. The molecule has 1 amide bonds. The number of quaternary nitrogens is 1. The summed E-state index contributed by atoms with van der Waals surface area (Å²) >= 11 is 0. The van der Waals surface area contributed by atoms with E-state index in [1.54, 1.807) is 7.05 Å². The predicted octanol–water partition coefficient (Wildman–Crippen LogP) is 4.81. The van der Waals surface area contributed by atoms with E-state index in [0.29, 0.717) is 11.3 Å². The standard InChI is InChI=1S/C28H24N2O3/c1-30(19-25(31)32,22-15-6-3-7-16-22)27(28(29)33)26(21-12-4-2-5-13-21)24-18-10-14-20-11-8-9-17-23(20)24/h2-18H,19H2,1H3,(H2-,29,31,32,33)/p+1/b27-26+. The number of aliphatic carboxylic acids is 1. The lowest BCUT2D eigenvalue weighted by Crippen LogP contribution is -2.52. The number of hydrogen-bond donors (Lipinski definition) is 2. The van der Waals surface area contributed by atoms with Crippen LogP contribution in [0.4, 0.5) is 5.69 Å². The van der Waals surface area contributed by atoms with Crippen LogP contribution in [0.1, 0.15) is 11.1 Å². The van der Waals surface area contributed by atoms with Gasteiger partial charge in [-0.25, -0.2) is 9.28 Å². The number of likely N-dealkylation sites (N-methyl/N-ethyl adjacent to an activating group) is 1. The minimum Gasteiger partial charge on any atom is -0.477 e. The van der Waals surface area contributed by atoms with Gasteiger partial charge < -0.3 is 10.8 Å². The molecule has 4 aromatic rings. The zero-order valence-corrected chi connectivity index (χ0v) is 18.3. The highest BCUT2D eigenvalue weighted by atomic mass is 16.4. The van der Waals surface area contributed by atoms with E-state index in [9.17, 15) is 14.7 Å². The summed E-state index contributed by atoms with van der Waals surface area (Å²) in [6.45, 7) is -0.344. The molecule has 4 aromatic carbocycles. The van der Waals surface area contributed by atoms with Crippen LogP contribution in [-0.2, 0) is 9.59 Å². The summed E-state index contributed by atoms with van der Waals surface area (Å²) in [5.74, 6) is -1.71. The molecule has 3 N–H and O–H groups in total. The second-order valence-electron chi connectivity index (χ2n) is 8.06. The topological polar surface area (TPSA) is 80.4 Å². The maximum atomic E-state index is 13.2. The van der Waals surface area contributed by atoms with E-state index >= 15 is 0 Å². The Morgan fingerprint density at radius 2 is 1.36 bits per heavy atom. The first kappa shape index (κ1) is 22.0. The third-order valence-corrected chi connectivity index (χ3v) is 5.86. The van der Waals surface area contributed by atoms with E-state index in [1.165, 1.54) is 0 Å². The van der Waals surface area contributed by atoms with Gasteiger partial charge in [0, 0.05) is 0 Å². The van der Waals surface area contributed by atoms with E-state index in [2.05, 4.69) is 0 Å². The van der Waals surface area contributed by atoms with Crippen molar-refractivity contribution in [1.29, 1.82) is 0 Å². The Hall–Kier alpha value is -4.22. The quantitative estimate of drug-likeness (QED) is 0.322. The zero-order valence-electron chi connectivity index (χ0n) is 18.3. The molecule has 5 heteroatoms. The summed E-state index contributed by atoms with van der Waals surface area (Å²) < 4.78 is -0.279. The lowest BCUT2D eigenvalue weighted by molar-refractivity contribution is -0.137. The number of primary amides is 1. The maximum absolute atomic E-state index is 13.2. The molecular weight excluding hydrogens is 412 g/mol. The van der Waals surface area contributed by atoms with Gasteiger partial charge in [0.1, 0.15) is 5.69 Å². The average Bonchev–Trinajstić information content (AvgIpc) is 2.82. The number of rotatable bonds is 7. The molecule has 0 heterocycles. The molecule has 1 unspecified atom stereocenters. The molecule has 0 aliphatic carbocycles. The first-order valence-electron chi connectivity index (χ1n) is 10.6. The third-order valence-electron chi connectivity index (χ3n) is 5.86. The van der Waals surface area contributed by atoms with Gasteiger partial charge in [-0.05, 0) is 34.0 Å². The van der Waals surface area contributed by atoms with Gasteiger partial charge in [0.2, 0.25) is 5.70 Å². The number of carbonyl (C=O) groups excluding carboxylic acids is 1. The third kappa shape index (κ3) is 4.27. The van der Waals surface area contributed by atoms with Crippen molar-refractivity contribution in [3.8, 4) is 0 Å². The number of hydrogen-bond acceptors (Lipinski definition) is 2. The highest BCUT2D eigenvalue weighted by Crippen LogP contribution is 2.38. The van der Waals surface area contributed by atoms with Crippen LogP contribution in [0.2, 0.25) is 0 Å². The van der Waals surface area contributed by atoms with Gasteiger partial charge in [-0.15, -0.1) is 0 Å². The molecule has 33 heavy (non-hydrogen) atoms. The molecule has 4 rings (SSSR count). The zero-order chi connectivity index (χ0) is 23.4. The number of carboxylic acid groups (broad SMARTS) is 1. The van der Waals surface area contributed by atoms with Crippen LogP contribution in [0, 0.1) is 0 Å². The molecule has 164 valence electrons. The van der Waals surface area contributed by atoms with Crippen LogP contribution in [-0.4, -0.2) is 30.6 Å². The van der Waals surface area contributed by atoms with E-state index in [0.717, 1.165) is 21.9 Å². The Bertz CT molecular complexity index is 1340. The van der Waals surface area contributed by atoms with Gasteiger partial charge >= 0.3 is 11.9 Å². The Morgan fingerprint density at radius 3 is 2.00 bits per heavy atom. The van der Waals surface area contributed by atoms with Gasteiger partial charge in [0.25, 0.3) is 0 Å². The molecule has 5 nitrogen and oxygen atoms in total. The molecule has 0 saturated heterocycles. The number of nitrogens with zero attached hydrogens (tertiary/aromatic N) is 1. The summed E-state index contributed by atoms with van der Waals surface area (Å²) in [4.78, 5) is 25.2. The minimum absolute atomic E-state index is 0.214. The molecule has 1 atom stereocenters. The smallest absolute Gasteiger partial charge is 0.360 e. The van der Waals surface area contributed by atoms with Gasteiger partial charge in [-0.1, -0.05) is 91.0 Å². The molecule has 0 bridgehead atoms. The fraction of sp³-hybridized carbons (Fsp3) is 0.0714. The van der Waals surface area contributed by atoms with Gasteiger partial charge in [-0.2, -0.15) is 0 Å². The lowest BCUT2D eigenvalue weighted by Gasteiger charge is -2.34. The van der Waals surface area contributed by atoms with Crippen molar-refractivity contribution in [2.45, 2.75) is 0 Å². The molecular formula is C28H25N2O3+. The van der Waals surface area contributed by atoms with Crippen LogP contribution >= 0.6 is 0 Å². The Balaban J connectivity index is 2.17. The fourth-order valence-corrected chi connectivity index (χ4v) is 4.41. The monoisotopic (exact) mass is 437 g/mol. The Morgan fingerprint density at radius 1 is 0.788 bits per heavy atom. The van der Waals surface area contributed by atoms with E-state index in [-0.39, 0.29) is 16.7 Å². The summed E-state index contributed by atoms with van der Waals surface area (Å²) in [6, 6.07) is 32.4. The molecule has 0 radical (unpaired) electrons. The number of carboxylic acids is 1. The number of nitrogens with two attached hydrogens (primary N) is 1. The molecule has 0 fully saturated rings. The number of fused-ring (bicyclic) bond motifs is 1. The normalized spacial score (nSPS) is 13.7. The summed E-state index contributed by atoms with van der Waals surface area (Å²) in [5.41, 5.74) is 9.14. The number of carbonyl (C=O) groups is 2. The van der Waals surface area contributed by atoms with Crippen molar-refractivity contribution in [2.75, 3.05) is 13.6 Å². The predicted molar refractivity (Wildman–Crippen MR) is 132 cm³/mol. The molecule has 0 aliphatic heterocycles. The van der Waals surface area contributed by atoms with Crippen LogP contribution < -0.4 is 10.2 Å². The Labute approximate surface area is 192 Å². The highest BCUT2D eigenvalue weighted by molar-refractivity contribution is 6.09. The van der Waals surface area contributed by atoms with Gasteiger partial charge in [0.05, 0.1) is 12.6 Å². The second-order valence-corrected chi connectivity index (χ2v) is 8.06. The average molecular weight is 438 g/mol. The molecule has 0 saturated carbocycles. The van der Waals surface area contributed by atoms with Crippen molar-refractivity contribution >= 4 is 33.9 Å². The van der Waals surface area contributed by atoms with E-state index < -0.39 is 11.9 Å². The van der Waals surface area contributed by atoms with E-state index in [4.69, 9.17) is 5.73 Å². The largest absolute Gasteiger partial charge is 0.477 e.